The number of methoxy groups -OCH3 is 2. The van der Waals surface area contributed by atoms with Crippen LogP contribution in [0, 0.1) is 6.92 Å². The molecule has 0 fully saturated rings. The molecule has 0 bridgehead atoms. The van der Waals surface area contributed by atoms with Crippen LogP contribution in [0.5, 0.6) is 11.5 Å². The van der Waals surface area contributed by atoms with E-state index in [2.05, 4.69) is 10.5 Å². The van der Waals surface area contributed by atoms with E-state index in [0.717, 1.165) is 22.1 Å². The topological polar surface area (TPSA) is 73.6 Å². The van der Waals surface area contributed by atoms with E-state index in [0.29, 0.717) is 34.9 Å². The first kappa shape index (κ1) is 19.5. The van der Waals surface area contributed by atoms with Crippen molar-refractivity contribution in [2.75, 3.05) is 14.2 Å². The number of nitrogens with one attached hydrogen (secondary N) is 1. The van der Waals surface area contributed by atoms with Crippen molar-refractivity contribution in [3.8, 4) is 22.8 Å². The Balaban J connectivity index is 1.58. The maximum absolute atomic E-state index is 12.8. The molecule has 0 aliphatic heterocycles. The highest BCUT2D eigenvalue weighted by Gasteiger charge is 2.15. The van der Waals surface area contributed by atoms with E-state index in [1.54, 1.807) is 32.4 Å². The summed E-state index contributed by atoms with van der Waals surface area (Å²) in [7, 11) is 3.20. The SMILES string of the molecule is COc1ccc(OC)c(CNC(=O)c2ccc3noc(-c4ccc(C)cc4)c3c2)c1. The number of fused-ring (bicyclic) bond motifs is 1. The normalized spacial score (nSPS) is 10.8. The lowest BCUT2D eigenvalue weighted by Crippen LogP contribution is -2.23. The average Bonchev–Trinajstić information content (AvgIpc) is 3.21. The number of ether oxygens (including phenoxy) is 2. The number of aromatic nitrogens is 1. The van der Waals surface area contributed by atoms with Gasteiger partial charge >= 0.3 is 0 Å². The van der Waals surface area contributed by atoms with Gasteiger partial charge < -0.3 is 19.3 Å². The number of aryl methyl sites for hydroxylation is 1. The van der Waals surface area contributed by atoms with Crippen LogP contribution in [0.25, 0.3) is 22.2 Å². The summed E-state index contributed by atoms with van der Waals surface area (Å²) in [4.78, 5) is 12.8. The van der Waals surface area contributed by atoms with Crippen molar-refractivity contribution in [2.24, 2.45) is 0 Å². The Morgan fingerprint density at radius 2 is 1.80 bits per heavy atom. The van der Waals surface area contributed by atoms with Gasteiger partial charge in [-0.3, -0.25) is 4.79 Å². The number of carbonyl (C=O) groups excluding carboxylic acids is 1. The van der Waals surface area contributed by atoms with Crippen LogP contribution in [0.3, 0.4) is 0 Å². The molecule has 0 radical (unpaired) electrons. The lowest BCUT2D eigenvalue weighted by Gasteiger charge is -2.11. The molecule has 6 nitrogen and oxygen atoms in total. The zero-order valence-corrected chi connectivity index (χ0v) is 17.1. The average molecular weight is 402 g/mol. The van der Waals surface area contributed by atoms with Gasteiger partial charge in [0.2, 0.25) is 0 Å². The van der Waals surface area contributed by atoms with Gasteiger partial charge in [-0.05, 0) is 43.3 Å². The summed E-state index contributed by atoms with van der Waals surface area (Å²) < 4.78 is 16.2. The number of benzene rings is 3. The summed E-state index contributed by atoms with van der Waals surface area (Å²) in [5.41, 5.74) is 4.14. The van der Waals surface area contributed by atoms with E-state index >= 15 is 0 Å². The van der Waals surface area contributed by atoms with Crippen molar-refractivity contribution in [3.63, 3.8) is 0 Å². The van der Waals surface area contributed by atoms with E-state index in [1.165, 1.54) is 0 Å². The lowest BCUT2D eigenvalue weighted by molar-refractivity contribution is 0.0951. The highest BCUT2D eigenvalue weighted by Crippen LogP contribution is 2.30. The molecule has 30 heavy (non-hydrogen) atoms. The van der Waals surface area contributed by atoms with Crippen LogP contribution in [0.4, 0.5) is 0 Å². The van der Waals surface area contributed by atoms with Crippen molar-refractivity contribution in [1.29, 1.82) is 0 Å². The molecule has 1 heterocycles. The predicted molar refractivity (Wildman–Crippen MR) is 115 cm³/mol. The summed E-state index contributed by atoms with van der Waals surface area (Å²) in [5.74, 6) is 1.84. The van der Waals surface area contributed by atoms with Gasteiger partial charge in [-0.2, -0.15) is 0 Å². The monoisotopic (exact) mass is 402 g/mol. The molecule has 0 aliphatic carbocycles. The third-order valence-electron chi connectivity index (χ3n) is 4.98. The van der Waals surface area contributed by atoms with Crippen molar-refractivity contribution < 1.29 is 18.8 Å². The molecule has 1 N–H and O–H groups in total. The third kappa shape index (κ3) is 3.85. The summed E-state index contributed by atoms with van der Waals surface area (Å²) in [5, 5.41) is 7.85. The highest BCUT2D eigenvalue weighted by molar-refractivity contribution is 6.01. The Kier molecular flexibility index (Phi) is 5.39. The number of hydrogen-bond donors (Lipinski definition) is 1. The van der Waals surface area contributed by atoms with Crippen molar-refractivity contribution in [3.05, 3.63) is 77.4 Å². The maximum Gasteiger partial charge on any atom is 0.251 e. The van der Waals surface area contributed by atoms with E-state index in [-0.39, 0.29) is 5.91 Å². The largest absolute Gasteiger partial charge is 0.497 e. The van der Waals surface area contributed by atoms with Crippen LogP contribution in [-0.4, -0.2) is 25.3 Å². The molecule has 0 atom stereocenters. The molecule has 1 aromatic heterocycles. The number of nitrogens with zero attached hydrogens (tertiary/aromatic N) is 1. The number of rotatable bonds is 6. The van der Waals surface area contributed by atoms with Gasteiger partial charge in [-0.1, -0.05) is 35.0 Å². The molecular formula is C24H22N2O4. The molecule has 3 aromatic carbocycles. The fraction of sp³-hybridized carbons (Fsp3) is 0.167. The first-order valence-electron chi connectivity index (χ1n) is 9.54. The lowest BCUT2D eigenvalue weighted by atomic mass is 10.0. The Morgan fingerprint density at radius 3 is 2.53 bits per heavy atom. The fourth-order valence-corrected chi connectivity index (χ4v) is 3.29. The highest BCUT2D eigenvalue weighted by atomic mass is 16.5. The van der Waals surface area contributed by atoms with Crippen molar-refractivity contribution in [2.45, 2.75) is 13.5 Å². The number of amides is 1. The molecule has 4 rings (SSSR count). The Bertz CT molecular complexity index is 1200. The smallest absolute Gasteiger partial charge is 0.251 e. The minimum Gasteiger partial charge on any atom is -0.497 e. The van der Waals surface area contributed by atoms with E-state index < -0.39 is 0 Å². The van der Waals surface area contributed by atoms with Gasteiger partial charge in [0.05, 0.1) is 19.6 Å². The summed E-state index contributed by atoms with van der Waals surface area (Å²) in [6.07, 6.45) is 0. The Morgan fingerprint density at radius 1 is 1.00 bits per heavy atom. The van der Waals surface area contributed by atoms with Crippen LogP contribution in [0.2, 0.25) is 0 Å². The van der Waals surface area contributed by atoms with Gasteiger partial charge in [0.15, 0.2) is 5.76 Å². The molecule has 0 saturated heterocycles. The summed E-state index contributed by atoms with van der Waals surface area (Å²) in [6, 6.07) is 18.8. The van der Waals surface area contributed by atoms with Crippen LogP contribution in [-0.2, 0) is 6.54 Å². The quantitative estimate of drug-likeness (QED) is 0.504. The number of hydrogen-bond acceptors (Lipinski definition) is 5. The predicted octanol–water partition coefficient (Wildman–Crippen LogP) is 4.75. The van der Waals surface area contributed by atoms with Gasteiger partial charge in [-0.25, -0.2) is 0 Å². The van der Waals surface area contributed by atoms with Gasteiger partial charge in [0.25, 0.3) is 5.91 Å². The van der Waals surface area contributed by atoms with Crippen LogP contribution >= 0.6 is 0 Å². The zero-order valence-electron chi connectivity index (χ0n) is 17.1. The molecule has 0 aliphatic rings. The first-order valence-corrected chi connectivity index (χ1v) is 9.54. The van der Waals surface area contributed by atoms with Crippen molar-refractivity contribution in [1.82, 2.24) is 10.5 Å². The fourth-order valence-electron chi connectivity index (χ4n) is 3.29. The zero-order chi connectivity index (χ0) is 21.1. The van der Waals surface area contributed by atoms with E-state index in [9.17, 15) is 4.79 Å². The minimum absolute atomic E-state index is 0.196. The minimum atomic E-state index is -0.196. The van der Waals surface area contributed by atoms with Crippen LogP contribution in [0.15, 0.2) is 65.2 Å². The molecule has 0 saturated carbocycles. The maximum atomic E-state index is 12.8. The second kappa shape index (κ2) is 8.29. The molecule has 6 heteroatoms. The Labute approximate surface area is 174 Å². The molecule has 4 aromatic rings. The van der Waals surface area contributed by atoms with Gasteiger partial charge in [0, 0.05) is 23.2 Å². The summed E-state index contributed by atoms with van der Waals surface area (Å²) in [6.45, 7) is 2.34. The Hall–Kier alpha value is -3.80. The second-order valence-electron chi connectivity index (χ2n) is 6.97. The van der Waals surface area contributed by atoms with Gasteiger partial charge in [-0.15, -0.1) is 0 Å². The van der Waals surface area contributed by atoms with Crippen molar-refractivity contribution >= 4 is 16.8 Å². The molecule has 152 valence electrons. The third-order valence-corrected chi connectivity index (χ3v) is 4.98. The van der Waals surface area contributed by atoms with Crippen LogP contribution in [0.1, 0.15) is 21.5 Å². The van der Waals surface area contributed by atoms with Crippen LogP contribution < -0.4 is 14.8 Å². The first-order chi connectivity index (χ1) is 14.6. The molecule has 1 amide bonds. The molecular weight excluding hydrogens is 380 g/mol. The summed E-state index contributed by atoms with van der Waals surface area (Å²) >= 11 is 0. The molecule has 0 unspecified atom stereocenters. The van der Waals surface area contributed by atoms with E-state index in [4.69, 9.17) is 14.0 Å². The van der Waals surface area contributed by atoms with Gasteiger partial charge in [0.1, 0.15) is 17.0 Å². The standard InChI is InChI=1S/C24H22N2O4/c1-15-4-6-16(7-5-15)23-20-13-17(8-10-21(20)26-30-23)24(27)25-14-18-12-19(28-2)9-11-22(18)29-3/h4-13H,14H2,1-3H3,(H,25,27). The number of carbonyl (C=O) groups is 1. The second-order valence-corrected chi connectivity index (χ2v) is 6.97. The molecule has 0 spiro atoms. The van der Waals surface area contributed by atoms with E-state index in [1.807, 2.05) is 49.4 Å².